The summed E-state index contributed by atoms with van der Waals surface area (Å²) in [5.41, 5.74) is 1.40. The first kappa shape index (κ1) is 16.5. The van der Waals surface area contributed by atoms with Crippen LogP contribution in [0.1, 0.15) is 9.88 Å². The highest BCUT2D eigenvalue weighted by Crippen LogP contribution is 2.34. The fourth-order valence-corrected chi connectivity index (χ4v) is 4.73. The summed E-state index contributed by atoms with van der Waals surface area (Å²) in [5.74, 6) is 0. The molecule has 1 saturated heterocycles. The lowest BCUT2D eigenvalue weighted by Crippen LogP contribution is -2.36. The number of nitrogens with zero attached hydrogens (tertiary/aromatic N) is 4. The Kier molecular flexibility index (Phi) is 4.68. The van der Waals surface area contributed by atoms with Gasteiger partial charge in [-0.2, -0.15) is 5.26 Å². The van der Waals surface area contributed by atoms with Crippen LogP contribution in [0.2, 0.25) is 5.15 Å². The molecular formula is C17H13ClN4OS2. The summed E-state index contributed by atoms with van der Waals surface area (Å²) >= 11 is 9.29. The second-order valence-corrected chi connectivity index (χ2v) is 7.81. The van der Waals surface area contributed by atoms with Crippen LogP contribution in [0.3, 0.4) is 0 Å². The summed E-state index contributed by atoms with van der Waals surface area (Å²) in [6, 6.07) is 10.1. The van der Waals surface area contributed by atoms with Gasteiger partial charge < -0.3 is 9.64 Å². The van der Waals surface area contributed by atoms with Crippen LogP contribution in [-0.4, -0.2) is 36.3 Å². The largest absolute Gasteiger partial charge is 0.378 e. The van der Waals surface area contributed by atoms with Crippen molar-refractivity contribution in [2.45, 2.75) is 0 Å². The van der Waals surface area contributed by atoms with Crippen molar-refractivity contribution in [3.8, 4) is 6.07 Å². The third-order valence-electron chi connectivity index (χ3n) is 3.80. The van der Waals surface area contributed by atoms with Crippen LogP contribution < -0.4 is 4.90 Å². The third-order valence-corrected chi connectivity index (χ3v) is 6.33. The van der Waals surface area contributed by atoms with Crippen molar-refractivity contribution in [1.29, 1.82) is 5.26 Å². The van der Waals surface area contributed by atoms with Crippen molar-refractivity contribution in [1.82, 2.24) is 9.97 Å². The van der Waals surface area contributed by atoms with Crippen LogP contribution in [0.4, 0.5) is 5.13 Å². The molecule has 1 fully saturated rings. The van der Waals surface area contributed by atoms with Crippen LogP contribution in [0.25, 0.3) is 21.9 Å². The average molecular weight is 389 g/mol. The number of rotatable bonds is 3. The van der Waals surface area contributed by atoms with E-state index in [-0.39, 0.29) is 0 Å². The number of anilines is 1. The van der Waals surface area contributed by atoms with Gasteiger partial charge >= 0.3 is 0 Å². The van der Waals surface area contributed by atoms with E-state index >= 15 is 0 Å². The minimum atomic E-state index is 0.417. The fourth-order valence-electron chi connectivity index (χ4n) is 2.54. The minimum Gasteiger partial charge on any atom is -0.378 e. The predicted molar refractivity (Wildman–Crippen MR) is 103 cm³/mol. The SMILES string of the molecule is N#C/C(=C\c1sc(N2CCOCC2)nc1Cl)c1nc2ccccc2s1. The molecule has 2 aromatic heterocycles. The van der Waals surface area contributed by atoms with E-state index in [1.807, 2.05) is 24.3 Å². The van der Waals surface area contributed by atoms with Crippen molar-refractivity contribution in [2.75, 3.05) is 31.2 Å². The Bertz CT molecular complexity index is 949. The zero-order valence-electron chi connectivity index (χ0n) is 13.1. The quantitative estimate of drug-likeness (QED) is 0.626. The minimum absolute atomic E-state index is 0.417. The molecule has 0 N–H and O–H groups in total. The van der Waals surface area contributed by atoms with Gasteiger partial charge in [0.15, 0.2) is 5.13 Å². The number of fused-ring (bicyclic) bond motifs is 1. The van der Waals surface area contributed by atoms with E-state index in [2.05, 4.69) is 20.9 Å². The molecule has 0 unspecified atom stereocenters. The Labute approximate surface area is 157 Å². The highest BCUT2D eigenvalue weighted by atomic mass is 35.5. The lowest BCUT2D eigenvalue weighted by molar-refractivity contribution is 0.122. The molecule has 3 aromatic rings. The van der Waals surface area contributed by atoms with Crippen LogP contribution in [0, 0.1) is 11.3 Å². The van der Waals surface area contributed by atoms with Crippen molar-refractivity contribution in [3.05, 3.63) is 39.3 Å². The van der Waals surface area contributed by atoms with Gasteiger partial charge in [-0.25, -0.2) is 9.97 Å². The first-order chi connectivity index (χ1) is 12.2. The van der Waals surface area contributed by atoms with Gasteiger partial charge in [-0.3, -0.25) is 0 Å². The summed E-state index contributed by atoms with van der Waals surface area (Å²) in [6.45, 7) is 2.99. The second kappa shape index (κ2) is 7.10. The molecule has 1 aliphatic rings. The summed E-state index contributed by atoms with van der Waals surface area (Å²) in [6.07, 6.45) is 1.78. The maximum absolute atomic E-state index is 9.57. The van der Waals surface area contributed by atoms with E-state index in [0.717, 1.165) is 33.3 Å². The molecule has 0 atom stereocenters. The van der Waals surface area contributed by atoms with Crippen LogP contribution in [-0.2, 0) is 4.74 Å². The molecule has 8 heteroatoms. The number of morpholine rings is 1. The van der Waals surface area contributed by atoms with Gasteiger partial charge in [0.2, 0.25) is 0 Å². The molecule has 0 spiro atoms. The average Bonchev–Trinajstić information content (AvgIpc) is 3.24. The van der Waals surface area contributed by atoms with Crippen molar-refractivity contribution < 1.29 is 4.74 Å². The number of thiazole rings is 2. The van der Waals surface area contributed by atoms with E-state index in [9.17, 15) is 5.26 Å². The molecule has 0 amide bonds. The lowest BCUT2D eigenvalue weighted by Gasteiger charge is -2.25. The summed E-state index contributed by atoms with van der Waals surface area (Å²) in [5, 5.41) is 11.5. The van der Waals surface area contributed by atoms with E-state index in [4.69, 9.17) is 16.3 Å². The first-order valence-electron chi connectivity index (χ1n) is 7.71. The maximum atomic E-state index is 9.57. The fraction of sp³-hybridized carbons (Fsp3) is 0.235. The number of hydrogen-bond acceptors (Lipinski definition) is 7. The predicted octanol–water partition coefficient (Wildman–Crippen LogP) is 4.31. The van der Waals surface area contributed by atoms with E-state index in [0.29, 0.717) is 28.9 Å². The van der Waals surface area contributed by atoms with Crippen molar-refractivity contribution >= 4 is 61.3 Å². The second-order valence-electron chi connectivity index (χ2n) is 5.41. The summed E-state index contributed by atoms with van der Waals surface area (Å²) in [4.78, 5) is 11.9. The van der Waals surface area contributed by atoms with E-state index < -0.39 is 0 Å². The molecule has 1 aliphatic heterocycles. The molecule has 25 heavy (non-hydrogen) atoms. The van der Waals surface area contributed by atoms with Crippen molar-refractivity contribution in [2.24, 2.45) is 0 Å². The standard InChI is InChI=1S/C17H13ClN4OS2/c18-15-14(25-17(21-15)22-5-7-23-8-6-22)9-11(10-19)16-20-12-3-1-2-4-13(12)24-16/h1-4,9H,5-8H2/b11-9+. The number of halogens is 1. The third kappa shape index (κ3) is 3.39. The van der Waals surface area contributed by atoms with Gasteiger partial charge in [-0.05, 0) is 18.2 Å². The van der Waals surface area contributed by atoms with Crippen LogP contribution in [0.5, 0.6) is 0 Å². The molecule has 126 valence electrons. The Morgan fingerprint density at radius 3 is 2.80 bits per heavy atom. The molecule has 0 aliphatic carbocycles. The Morgan fingerprint density at radius 2 is 2.04 bits per heavy atom. The number of nitriles is 1. The van der Waals surface area contributed by atoms with Crippen molar-refractivity contribution in [3.63, 3.8) is 0 Å². The molecule has 0 radical (unpaired) electrons. The normalized spacial score (nSPS) is 15.5. The lowest BCUT2D eigenvalue weighted by atomic mass is 10.2. The van der Waals surface area contributed by atoms with Gasteiger partial charge in [0.1, 0.15) is 16.2 Å². The Morgan fingerprint density at radius 1 is 1.24 bits per heavy atom. The number of ether oxygens (including phenoxy) is 1. The van der Waals surface area contributed by atoms with Gasteiger partial charge in [-0.1, -0.05) is 35.1 Å². The molecule has 5 nitrogen and oxygen atoms in total. The van der Waals surface area contributed by atoms with E-state index in [1.54, 1.807) is 6.08 Å². The summed E-state index contributed by atoms with van der Waals surface area (Å²) in [7, 11) is 0. The van der Waals surface area contributed by atoms with Gasteiger partial charge in [0.05, 0.1) is 33.9 Å². The van der Waals surface area contributed by atoms with Gasteiger partial charge in [-0.15, -0.1) is 11.3 Å². The number of benzene rings is 1. The molecule has 1 aromatic carbocycles. The monoisotopic (exact) mass is 388 g/mol. The zero-order chi connectivity index (χ0) is 17.2. The maximum Gasteiger partial charge on any atom is 0.187 e. The summed E-state index contributed by atoms with van der Waals surface area (Å²) < 4.78 is 6.43. The van der Waals surface area contributed by atoms with Crippen LogP contribution in [0.15, 0.2) is 24.3 Å². The molecular weight excluding hydrogens is 376 g/mol. The molecule has 4 rings (SSSR count). The molecule has 3 heterocycles. The first-order valence-corrected chi connectivity index (χ1v) is 9.72. The Hall–Kier alpha value is -1.98. The number of para-hydroxylation sites is 1. The topological polar surface area (TPSA) is 62.0 Å². The highest BCUT2D eigenvalue weighted by molar-refractivity contribution is 7.20. The number of aromatic nitrogens is 2. The molecule has 0 bridgehead atoms. The van der Waals surface area contributed by atoms with Gasteiger partial charge in [0.25, 0.3) is 0 Å². The van der Waals surface area contributed by atoms with E-state index in [1.165, 1.54) is 22.7 Å². The molecule has 0 saturated carbocycles. The van der Waals surface area contributed by atoms with Crippen LogP contribution >= 0.6 is 34.3 Å². The zero-order valence-corrected chi connectivity index (χ0v) is 15.5. The smallest absolute Gasteiger partial charge is 0.187 e. The Balaban J connectivity index is 1.68. The van der Waals surface area contributed by atoms with Gasteiger partial charge in [0, 0.05) is 13.1 Å². The highest BCUT2D eigenvalue weighted by Gasteiger charge is 2.18. The number of allylic oxidation sites excluding steroid dienone is 1. The number of hydrogen-bond donors (Lipinski definition) is 0.